The van der Waals surface area contributed by atoms with Gasteiger partial charge in [0.15, 0.2) is 17.1 Å². The molecule has 0 aliphatic heterocycles. The molecule has 2 aromatic carbocycles. The van der Waals surface area contributed by atoms with Gasteiger partial charge in [-0.3, -0.25) is 9.59 Å². The Labute approximate surface area is 265 Å². The molecule has 6 rings (SSSR count). The van der Waals surface area contributed by atoms with Gasteiger partial charge >= 0.3 is 5.97 Å². The number of carbonyl (C=O) groups excluding carboxylic acids is 3. The summed E-state index contributed by atoms with van der Waals surface area (Å²) in [6.45, 7) is 3.57. The van der Waals surface area contributed by atoms with Gasteiger partial charge in [0.05, 0.1) is 23.5 Å². The van der Waals surface area contributed by atoms with Gasteiger partial charge in [-0.2, -0.15) is 5.26 Å². The number of benzene rings is 2. The number of hydrogen-bond acceptors (Lipinski definition) is 8. The topological polar surface area (TPSA) is 104 Å². The maximum absolute atomic E-state index is 17.5. The van der Waals surface area contributed by atoms with Gasteiger partial charge in [-0.1, -0.05) is 66.4 Å². The van der Waals surface area contributed by atoms with Gasteiger partial charge in [0.25, 0.3) is 0 Å². The van der Waals surface area contributed by atoms with Crippen molar-refractivity contribution in [1.82, 2.24) is 0 Å². The van der Waals surface area contributed by atoms with Crippen molar-refractivity contribution in [2.75, 3.05) is 5.75 Å². The summed E-state index contributed by atoms with van der Waals surface area (Å²) in [4.78, 5) is 41.9. The third-order valence-electron chi connectivity index (χ3n) is 10.7. The van der Waals surface area contributed by atoms with Crippen LogP contribution < -0.4 is 0 Å². The molecule has 4 aliphatic rings. The Morgan fingerprint density at radius 3 is 2.50 bits per heavy atom. The highest BCUT2D eigenvalue weighted by molar-refractivity contribution is 8.14. The molecule has 0 bridgehead atoms. The number of rotatable bonds is 6. The number of aliphatic hydroxyl groups excluding tert-OH is 1. The van der Waals surface area contributed by atoms with Crippen LogP contribution >= 0.6 is 23.5 Å². The van der Waals surface area contributed by atoms with Crippen LogP contribution in [-0.4, -0.2) is 45.1 Å². The van der Waals surface area contributed by atoms with Gasteiger partial charge in [-0.25, -0.2) is 9.18 Å². The van der Waals surface area contributed by atoms with Crippen molar-refractivity contribution in [1.29, 1.82) is 5.26 Å². The molecule has 4 aliphatic carbocycles. The lowest BCUT2D eigenvalue weighted by molar-refractivity contribution is -0.209. The number of thioether (sulfide) groups is 1. The minimum atomic E-state index is -2.06. The number of allylic oxidation sites excluding steroid dienone is 4. The second-order valence-corrected chi connectivity index (χ2v) is 14.8. The standard InChI is InChI=1S/C35H34FNO5S2/c1-32-16-14-24(38)20-23(32)10-13-28-27-15-17-34(31(41)43-19-18-37,33(27,2)21-29(39)35(28,32)36)42-30(40)22-8-11-26(12-9-22)44-25-6-4-3-5-7-25/h3-12,14,16,27-29,39H,13,15,17,19-21H2,1-2H3/t27-,28-,29-,32-,33-,34-,35-/m0/s1. The number of alkyl halides is 1. The molecular weight excluding hydrogens is 598 g/mol. The fraction of sp³-hybridized carbons (Fsp3) is 0.429. The molecule has 0 amide bonds. The second kappa shape index (κ2) is 11.3. The molecular formula is C35H34FNO5S2. The number of ether oxygens (including phenoxy) is 1. The van der Waals surface area contributed by atoms with E-state index in [-0.39, 0.29) is 42.3 Å². The maximum Gasteiger partial charge on any atom is 0.339 e. The number of ketones is 1. The first-order valence-electron chi connectivity index (χ1n) is 14.9. The number of fused-ring (bicyclic) bond motifs is 5. The van der Waals surface area contributed by atoms with Crippen LogP contribution in [-0.2, 0) is 14.3 Å². The van der Waals surface area contributed by atoms with Gasteiger partial charge < -0.3 is 9.84 Å². The second-order valence-electron chi connectivity index (χ2n) is 12.7. The van der Waals surface area contributed by atoms with Crippen molar-refractivity contribution in [3.63, 3.8) is 0 Å². The van der Waals surface area contributed by atoms with Gasteiger partial charge in [0, 0.05) is 33.0 Å². The number of hydrogen-bond donors (Lipinski definition) is 1. The van der Waals surface area contributed by atoms with Crippen LogP contribution in [0.2, 0.25) is 0 Å². The van der Waals surface area contributed by atoms with Crippen molar-refractivity contribution < 1.29 is 28.6 Å². The van der Waals surface area contributed by atoms with E-state index >= 15 is 4.39 Å². The minimum absolute atomic E-state index is 0.0930. The number of nitriles is 1. The number of carbonyl (C=O) groups is 3. The summed E-state index contributed by atoms with van der Waals surface area (Å²) >= 11 is 2.35. The number of halogens is 1. The third kappa shape index (κ3) is 4.60. The molecule has 0 spiro atoms. The van der Waals surface area contributed by atoms with Crippen molar-refractivity contribution in [3.05, 3.63) is 84.0 Å². The Kier molecular flexibility index (Phi) is 7.92. The number of esters is 1. The first-order valence-corrected chi connectivity index (χ1v) is 16.7. The van der Waals surface area contributed by atoms with Crippen molar-refractivity contribution in [3.8, 4) is 6.07 Å². The first kappa shape index (κ1) is 30.8. The molecule has 2 fully saturated rings. The number of aliphatic hydroxyl groups is 1. The molecule has 9 heteroatoms. The molecule has 44 heavy (non-hydrogen) atoms. The van der Waals surface area contributed by atoms with E-state index in [4.69, 9.17) is 4.74 Å². The van der Waals surface area contributed by atoms with Crippen molar-refractivity contribution in [2.24, 2.45) is 22.7 Å². The normalized spacial score (nSPS) is 35.5. The zero-order valence-electron chi connectivity index (χ0n) is 24.6. The highest BCUT2D eigenvalue weighted by Gasteiger charge is 2.75. The highest BCUT2D eigenvalue weighted by atomic mass is 32.2. The van der Waals surface area contributed by atoms with Gasteiger partial charge in [0.1, 0.15) is 0 Å². The van der Waals surface area contributed by atoms with Crippen LogP contribution in [0.1, 0.15) is 56.3 Å². The van der Waals surface area contributed by atoms with E-state index in [2.05, 4.69) is 0 Å². The summed E-state index contributed by atoms with van der Waals surface area (Å²) in [6, 6.07) is 18.8. The average Bonchev–Trinajstić information content (AvgIpc) is 3.29. The summed E-state index contributed by atoms with van der Waals surface area (Å²) in [6.07, 6.45) is 4.37. The summed E-state index contributed by atoms with van der Waals surface area (Å²) in [7, 11) is 0. The summed E-state index contributed by atoms with van der Waals surface area (Å²) in [5.74, 6) is -1.93. The highest BCUT2D eigenvalue weighted by Crippen LogP contribution is 2.70. The van der Waals surface area contributed by atoms with Gasteiger partial charge in [-0.05, 0) is 81.0 Å². The monoisotopic (exact) mass is 631 g/mol. The lowest BCUT2D eigenvalue weighted by Gasteiger charge is -2.62. The summed E-state index contributed by atoms with van der Waals surface area (Å²) in [5.41, 5.74) is -5.01. The molecule has 0 heterocycles. The van der Waals surface area contributed by atoms with Crippen molar-refractivity contribution >= 4 is 40.4 Å². The zero-order valence-corrected chi connectivity index (χ0v) is 26.3. The molecule has 0 radical (unpaired) electrons. The van der Waals surface area contributed by atoms with E-state index in [0.717, 1.165) is 21.6 Å². The SMILES string of the molecule is C[C@]12C=CC(=O)CC1=CC[C@H]1[C@@H]3CC[C@](OC(=O)c4ccc(Sc5ccccc5)cc4)(C(=O)SCC#N)[C@@]3(C)C[C@H](O)[C@@]12F. The van der Waals surface area contributed by atoms with E-state index in [1.54, 1.807) is 36.9 Å². The van der Waals surface area contributed by atoms with Crippen LogP contribution in [0.25, 0.3) is 0 Å². The summed E-state index contributed by atoms with van der Waals surface area (Å²) in [5, 5.41) is 20.5. The first-order chi connectivity index (χ1) is 21.0. The number of nitrogens with zero attached hydrogens (tertiary/aromatic N) is 1. The third-order valence-corrected chi connectivity index (χ3v) is 12.5. The Hall–Kier alpha value is -3.19. The molecule has 228 valence electrons. The molecule has 0 saturated heterocycles. The van der Waals surface area contributed by atoms with Crippen molar-refractivity contribution in [2.45, 2.75) is 73.1 Å². The van der Waals surface area contributed by atoms with E-state index in [0.29, 0.717) is 18.4 Å². The van der Waals surface area contributed by atoms with E-state index in [9.17, 15) is 24.8 Å². The van der Waals surface area contributed by atoms with Gasteiger partial charge in [0.2, 0.25) is 5.12 Å². The smallest absolute Gasteiger partial charge is 0.339 e. The molecule has 1 N–H and O–H groups in total. The average molecular weight is 632 g/mol. The molecule has 0 aromatic heterocycles. The van der Waals surface area contributed by atoms with Crippen LogP contribution in [0.4, 0.5) is 4.39 Å². The molecule has 2 saturated carbocycles. The largest absolute Gasteiger partial charge is 0.446 e. The minimum Gasteiger partial charge on any atom is -0.446 e. The van der Waals surface area contributed by atoms with E-state index in [1.807, 2.05) is 61.5 Å². The lowest BCUT2D eigenvalue weighted by Crippen LogP contribution is -2.69. The predicted molar refractivity (Wildman–Crippen MR) is 167 cm³/mol. The Balaban J connectivity index is 1.33. The summed E-state index contributed by atoms with van der Waals surface area (Å²) < 4.78 is 23.8. The van der Waals surface area contributed by atoms with E-state index in [1.165, 1.54) is 6.08 Å². The van der Waals surface area contributed by atoms with Crippen LogP contribution in [0.3, 0.4) is 0 Å². The van der Waals surface area contributed by atoms with E-state index < -0.39 is 45.2 Å². The molecule has 6 nitrogen and oxygen atoms in total. The quantitative estimate of drug-likeness (QED) is 0.272. The Bertz CT molecular complexity index is 1600. The fourth-order valence-electron chi connectivity index (χ4n) is 8.36. The fourth-order valence-corrected chi connectivity index (χ4v) is 10.0. The maximum atomic E-state index is 17.5. The van der Waals surface area contributed by atoms with Crippen LogP contribution in [0, 0.1) is 34.0 Å². The molecule has 7 atom stereocenters. The van der Waals surface area contributed by atoms with Gasteiger partial charge in [-0.15, -0.1) is 0 Å². The van der Waals surface area contributed by atoms with Crippen LogP contribution in [0.5, 0.6) is 0 Å². The lowest BCUT2D eigenvalue weighted by atomic mass is 9.45. The molecule has 2 aromatic rings. The van der Waals surface area contributed by atoms with Crippen LogP contribution in [0.15, 0.2) is 88.2 Å². The predicted octanol–water partition coefficient (Wildman–Crippen LogP) is 6.89. The Morgan fingerprint density at radius 2 is 1.80 bits per heavy atom. The Morgan fingerprint density at radius 1 is 1.09 bits per heavy atom. The zero-order chi connectivity index (χ0) is 31.3. The molecule has 0 unspecified atom stereocenters.